The molecule has 5 heteroatoms. The molecular formula is C10H16O5. The van der Waals surface area contributed by atoms with Crippen LogP contribution in [0.3, 0.4) is 0 Å². The van der Waals surface area contributed by atoms with Crippen molar-refractivity contribution in [1.29, 1.82) is 0 Å². The lowest BCUT2D eigenvalue weighted by Crippen LogP contribution is -2.34. The van der Waals surface area contributed by atoms with E-state index in [-0.39, 0.29) is 12.2 Å². The van der Waals surface area contributed by atoms with Crippen LogP contribution in [0.2, 0.25) is 0 Å². The Kier molecular flexibility index (Phi) is 1.81. The van der Waals surface area contributed by atoms with E-state index in [9.17, 15) is 5.11 Å². The van der Waals surface area contributed by atoms with Crippen LogP contribution < -0.4 is 0 Å². The van der Waals surface area contributed by atoms with E-state index in [0.717, 1.165) is 0 Å². The van der Waals surface area contributed by atoms with Crippen LogP contribution in [0.25, 0.3) is 0 Å². The molecule has 0 aromatic heterocycles. The molecule has 0 radical (unpaired) electrons. The summed E-state index contributed by atoms with van der Waals surface area (Å²) in [6.45, 7) is 3.72. The maximum atomic E-state index is 9.63. The second kappa shape index (κ2) is 2.73. The smallest absolute Gasteiger partial charge is 0.187 e. The molecule has 3 fully saturated rings. The minimum absolute atomic E-state index is 0.215. The zero-order chi connectivity index (χ0) is 10.8. The van der Waals surface area contributed by atoms with Crippen LogP contribution in [0.5, 0.6) is 0 Å². The molecule has 15 heavy (non-hydrogen) atoms. The summed E-state index contributed by atoms with van der Waals surface area (Å²) in [5.41, 5.74) is -0.584. The van der Waals surface area contributed by atoms with Gasteiger partial charge in [-0.15, -0.1) is 0 Å². The molecule has 2 saturated heterocycles. The minimum Gasteiger partial charge on any atom is -0.390 e. The molecule has 3 rings (SSSR count). The first-order valence-corrected chi connectivity index (χ1v) is 5.23. The third kappa shape index (κ3) is 1.21. The van der Waals surface area contributed by atoms with Gasteiger partial charge in [0.15, 0.2) is 12.1 Å². The van der Waals surface area contributed by atoms with Crippen LogP contribution >= 0.6 is 0 Å². The Morgan fingerprint density at radius 3 is 2.47 bits per heavy atom. The molecular weight excluding hydrogens is 200 g/mol. The van der Waals surface area contributed by atoms with Crippen molar-refractivity contribution in [2.45, 2.75) is 56.3 Å². The summed E-state index contributed by atoms with van der Waals surface area (Å²) in [5.74, 6) is -0.620. The van der Waals surface area contributed by atoms with E-state index in [0.29, 0.717) is 6.42 Å². The number of hydrogen-bond acceptors (Lipinski definition) is 5. The van der Waals surface area contributed by atoms with Crippen molar-refractivity contribution < 1.29 is 24.1 Å². The molecule has 5 atom stereocenters. The monoisotopic (exact) mass is 216 g/mol. The summed E-state index contributed by atoms with van der Waals surface area (Å²) >= 11 is 0. The lowest BCUT2D eigenvalue weighted by atomic mass is 10.1. The number of rotatable bonds is 1. The summed E-state index contributed by atoms with van der Waals surface area (Å²) < 4.78 is 22.3. The molecule has 0 bridgehead atoms. The highest BCUT2D eigenvalue weighted by Gasteiger charge is 2.73. The maximum Gasteiger partial charge on any atom is 0.187 e. The van der Waals surface area contributed by atoms with Crippen LogP contribution in [-0.2, 0) is 18.9 Å². The van der Waals surface area contributed by atoms with Gasteiger partial charge in [-0.2, -0.15) is 0 Å². The summed E-state index contributed by atoms with van der Waals surface area (Å²) in [6.07, 6.45) is -0.737. The van der Waals surface area contributed by atoms with Crippen molar-refractivity contribution in [2.75, 3.05) is 7.11 Å². The van der Waals surface area contributed by atoms with E-state index >= 15 is 0 Å². The van der Waals surface area contributed by atoms with Crippen LogP contribution in [0.4, 0.5) is 0 Å². The first-order valence-electron chi connectivity index (χ1n) is 5.23. The molecule has 5 nitrogen and oxygen atoms in total. The molecule has 0 aromatic carbocycles. The van der Waals surface area contributed by atoms with Crippen molar-refractivity contribution in [3.05, 3.63) is 0 Å². The van der Waals surface area contributed by atoms with E-state index < -0.39 is 23.8 Å². The van der Waals surface area contributed by atoms with Gasteiger partial charge in [0.2, 0.25) is 0 Å². The van der Waals surface area contributed by atoms with Gasteiger partial charge in [-0.05, 0) is 13.8 Å². The summed E-state index contributed by atoms with van der Waals surface area (Å²) in [4.78, 5) is 0. The third-order valence-corrected chi connectivity index (χ3v) is 3.36. The molecule has 0 aromatic rings. The summed E-state index contributed by atoms with van der Waals surface area (Å²) in [5, 5.41) is 9.63. The normalized spacial score (nSPS) is 56.0. The molecule has 1 aliphatic carbocycles. The van der Waals surface area contributed by atoms with Gasteiger partial charge >= 0.3 is 0 Å². The highest BCUT2D eigenvalue weighted by Crippen LogP contribution is 2.56. The average molecular weight is 216 g/mol. The van der Waals surface area contributed by atoms with E-state index in [1.54, 1.807) is 7.11 Å². The average Bonchev–Trinajstić information content (AvgIpc) is 2.53. The first-order chi connectivity index (χ1) is 6.98. The van der Waals surface area contributed by atoms with Gasteiger partial charge in [0, 0.05) is 13.5 Å². The van der Waals surface area contributed by atoms with Crippen molar-refractivity contribution in [3.8, 4) is 0 Å². The van der Waals surface area contributed by atoms with Gasteiger partial charge in [0.25, 0.3) is 0 Å². The predicted molar refractivity (Wildman–Crippen MR) is 49.1 cm³/mol. The fourth-order valence-electron chi connectivity index (χ4n) is 2.57. The second-order valence-electron chi connectivity index (χ2n) is 4.92. The Labute approximate surface area is 88.3 Å². The van der Waals surface area contributed by atoms with Gasteiger partial charge in [-0.3, -0.25) is 0 Å². The Morgan fingerprint density at radius 2 is 1.93 bits per heavy atom. The largest absolute Gasteiger partial charge is 0.390 e. The molecule has 1 spiro atoms. The molecule has 1 N–H and O–H groups in total. The van der Waals surface area contributed by atoms with Crippen LogP contribution in [-0.4, -0.2) is 48.2 Å². The number of aliphatic hydroxyl groups is 1. The Balaban J connectivity index is 1.88. The highest BCUT2D eigenvalue weighted by molar-refractivity contribution is 5.19. The van der Waals surface area contributed by atoms with Crippen molar-refractivity contribution in [1.82, 2.24) is 0 Å². The fourth-order valence-corrected chi connectivity index (χ4v) is 2.57. The van der Waals surface area contributed by atoms with Crippen LogP contribution in [0.15, 0.2) is 0 Å². The Hall–Kier alpha value is -0.200. The first kappa shape index (κ1) is 9.99. The molecule has 86 valence electrons. The zero-order valence-electron chi connectivity index (χ0n) is 9.10. The molecule has 3 unspecified atom stereocenters. The van der Waals surface area contributed by atoms with Crippen molar-refractivity contribution in [2.24, 2.45) is 0 Å². The quantitative estimate of drug-likeness (QED) is 0.669. The van der Waals surface area contributed by atoms with Gasteiger partial charge in [0.1, 0.15) is 17.8 Å². The van der Waals surface area contributed by atoms with Gasteiger partial charge in [0.05, 0.1) is 6.10 Å². The van der Waals surface area contributed by atoms with E-state index in [2.05, 4.69) is 0 Å². The van der Waals surface area contributed by atoms with Gasteiger partial charge in [-0.25, -0.2) is 0 Å². The summed E-state index contributed by atoms with van der Waals surface area (Å²) in [7, 11) is 1.57. The van der Waals surface area contributed by atoms with Gasteiger partial charge in [-0.1, -0.05) is 0 Å². The molecule has 0 amide bonds. The standard InChI is InChI=1S/C10H16O5/c1-9(2)13-6-7(14-9)10(4-5(10)11)15-8(6)12-3/h5-8,11H,4H2,1-3H3/t5-,6?,7?,8?,10+/m0/s1. The number of aliphatic hydroxyl groups excluding tert-OH is 1. The molecule has 3 aliphatic rings. The Bertz CT molecular complexity index is 292. The third-order valence-electron chi connectivity index (χ3n) is 3.36. The number of hydrogen-bond donors (Lipinski definition) is 1. The van der Waals surface area contributed by atoms with E-state index in [4.69, 9.17) is 18.9 Å². The fraction of sp³-hybridized carbons (Fsp3) is 1.00. The maximum absolute atomic E-state index is 9.63. The molecule has 1 saturated carbocycles. The highest BCUT2D eigenvalue weighted by atomic mass is 16.8. The topological polar surface area (TPSA) is 57.2 Å². The van der Waals surface area contributed by atoms with E-state index in [1.807, 2.05) is 13.8 Å². The number of ether oxygens (including phenoxy) is 4. The van der Waals surface area contributed by atoms with Gasteiger partial charge < -0.3 is 24.1 Å². The van der Waals surface area contributed by atoms with Crippen LogP contribution in [0.1, 0.15) is 20.3 Å². The van der Waals surface area contributed by atoms with E-state index in [1.165, 1.54) is 0 Å². The predicted octanol–water partition coefficient (Wildman–Crippen LogP) is 0.0126. The second-order valence-corrected chi connectivity index (χ2v) is 4.92. The summed E-state index contributed by atoms with van der Waals surface area (Å²) in [6, 6.07) is 0. The Morgan fingerprint density at radius 1 is 1.27 bits per heavy atom. The molecule has 2 aliphatic heterocycles. The lowest BCUT2D eigenvalue weighted by molar-refractivity contribution is -0.236. The van der Waals surface area contributed by atoms with Crippen LogP contribution in [0, 0.1) is 0 Å². The lowest BCUT2D eigenvalue weighted by Gasteiger charge is -2.23. The minimum atomic E-state index is -0.620. The number of methoxy groups -OCH3 is 1. The number of fused-ring (bicyclic) bond motifs is 2. The SMILES string of the molecule is COC1O[C@@]2(C[C@@H]2O)C2OC(C)(C)OC12. The molecule has 2 heterocycles. The van der Waals surface area contributed by atoms with Crippen molar-refractivity contribution >= 4 is 0 Å². The zero-order valence-corrected chi connectivity index (χ0v) is 9.10. The van der Waals surface area contributed by atoms with Crippen molar-refractivity contribution in [3.63, 3.8) is 0 Å².